The number of hydrogen-bond donors (Lipinski definition) is 2. The van der Waals surface area contributed by atoms with Crippen LogP contribution in [0.25, 0.3) is 6.08 Å². The third-order valence-electron chi connectivity index (χ3n) is 2.63. The number of carbonyl (C=O) groups is 3. The van der Waals surface area contributed by atoms with Crippen molar-refractivity contribution in [3.8, 4) is 0 Å². The van der Waals surface area contributed by atoms with E-state index in [2.05, 4.69) is 12.6 Å². The van der Waals surface area contributed by atoms with Gasteiger partial charge in [0.15, 0.2) is 0 Å². The molecule has 0 fully saturated rings. The van der Waals surface area contributed by atoms with Crippen LogP contribution in [0.4, 0.5) is 5.69 Å². The second kappa shape index (κ2) is 7.49. The second-order valence-electron chi connectivity index (χ2n) is 4.08. The summed E-state index contributed by atoms with van der Waals surface area (Å²) in [5.74, 6) is -1.29. The van der Waals surface area contributed by atoms with Crippen LogP contribution in [-0.4, -0.2) is 35.6 Å². The van der Waals surface area contributed by atoms with Gasteiger partial charge in [-0.1, -0.05) is 12.1 Å². The van der Waals surface area contributed by atoms with Crippen LogP contribution < -0.4 is 4.90 Å². The van der Waals surface area contributed by atoms with Crippen molar-refractivity contribution >= 4 is 42.6 Å². The largest absolute Gasteiger partial charge is 0.478 e. The Morgan fingerprint density at radius 2 is 1.95 bits per heavy atom. The van der Waals surface area contributed by atoms with Crippen LogP contribution in [-0.2, 0) is 14.4 Å². The van der Waals surface area contributed by atoms with Crippen molar-refractivity contribution in [3.05, 3.63) is 35.9 Å². The average molecular weight is 293 g/mol. The summed E-state index contributed by atoms with van der Waals surface area (Å²) in [5.41, 5.74) is 1.36. The molecule has 0 aromatic heterocycles. The highest BCUT2D eigenvalue weighted by Crippen LogP contribution is 2.17. The highest BCUT2D eigenvalue weighted by Gasteiger charge is 2.18. The molecule has 5 nitrogen and oxygen atoms in total. The molecule has 1 aromatic rings. The van der Waals surface area contributed by atoms with Gasteiger partial charge in [0.25, 0.3) is 0 Å². The molecule has 0 heterocycles. The predicted octanol–water partition coefficient (Wildman–Crippen LogP) is 1.63. The van der Waals surface area contributed by atoms with Gasteiger partial charge in [-0.25, -0.2) is 4.79 Å². The number of thiol groups is 1. The van der Waals surface area contributed by atoms with Gasteiger partial charge in [-0.3, -0.25) is 4.79 Å². The fourth-order valence-corrected chi connectivity index (χ4v) is 1.78. The minimum absolute atomic E-state index is 0.0612. The number of carbonyl (C=O) groups excluding carboxylic acids is 2. The number of aliphatic carboxylic acids is 1. The van der Waals surface area contributed by atoms with Gasteiger partial charge in [0.05, 0.1) is 5.25 Å². The van der Waals surface area contributed by atoms with Crippen LogP contribution in [0, 0.1) is 0 Å². The number of aldehydes is 1. The number of rotatable bonds is 6. The van der Waals surface area contributed by atoms with Gasteiger partial charge >= 0.3 is 5.97 Å². The number of carboxylic acid groups (broad SMARTS) is 1. The number of benzene rings is 1. The zero-order valence-corrected chi connectivity index (χ0v) is 11.8. The third kappa shape index (κ3) is 4.55. The van der Waals surface area contributed by atoms with Crippen LogP contribution in [0.15, 0.2) is 30.3 Å². The van der Waals surface area contributed by atoms with Gasteiger partial charge in [0.2, 0.25) is 5.91 Å². The highest BCUT2D eigenvalue weighted by atomic mass is 32.1. The number of nitrogens with zero attached hydrogens (tertiary/aromatic N) is 1. The van der Waals surface area contributed by atoms with E-state index in [1.807, 2.05) is 0 Å². The third-order valence-corrected chi connectivity index (χ3v) is 3.07. The molecular weight excluding hydrogens is 278 g/mol. The lowest BCUT2D eigenvalue weighted by Crippen LogP contribution is -2.33. The second-order valence-corrected chi connectivity index (χ2v) is 4.70. The van der Waals surface area contributed by atoms with Crippen LogP contribution in [0.1, 0.15) is 12.0 Å². The van der Waals surface area contributed by atoms with E-state index in [0.29, 0.717) is 17.5 Å². The van der Waals surface area contributed by atoms with Crippen molar-refractivity contribution in [2.75, 3.05) is 11.9 Å². The summed E-state index contributed by atoms with van der Waals surface area (Å²) in [6.07, 6.45) is 3.22. The van der Waals surface area contributed by atoms with Gasteiger partial charge in [-0.05, 0) is 23.8 Å². The van der Waals surface area contributed by atoms with E-state index >= 15 is 0 Å². The Labute approximate surface area is 122 Å². The molecule has 1 amide bonds. The Hall–Kier alpha value is -2.08. The molecule has 0 saturated carbocycles. The van der Waals surface area contributed by atoms with E-state index in [1.54, 1.807) is 31.3 Å². The minimum Gasteiger partial charge on any atom is -0.478 e. The SMILES string of the molecule is CN(C(=O)C(S)CC=O)c1ccc(C=CC(=O)O)cc1. The Morgan fingerprint density at radius 3 is 2.45 bits per heavy atom. The van der Waals surface area contributed by atoms with E-state index in [4.69, 9.17) is 5.11 Å². The van der Waals surface area contributed by atoms with Gasteiger partial charge in [0, 0.05) is 25.2 Å². The minimum atomic E-state index is -1.02. The first kappa shape index (κ1) is 16.0. The summed E-state index contributed by atoms with van der Waals surface area (Å²) in [7, 11) is 1.60. The summed E-state index contributed by atoms with van der Waals surface area (Å²) in [4.78, 5) is 34.1. The normalized spacial score (nSPS) is 12.1. The smallest absolute Gasteiger partial charge is 0.328 e. The lowest BCUT2D eigenvalue weighted by atomic mass is 10.1. The summed E-state index contributed by atoms with van der Waals surface area (Å²) in [6, 6.07) is 6.79. The van der Waals surface area contributed by atoms with Crippen molar-refractivity contribution < 1.29 is 19.5 Å². The summed E-state index contributed by atoms with van der Waals surface area (Å²) >= 11 is 4.07. The maximum atomic E-state index is 11.9. The van der Waals surface area contributed by atoms with Crippen LogP contribution in [0.5, 0.6) is 0 Å². The standard InChI is InChI=1S/C14H15NO4S/c1-15(14(19)12(20)8-9-16)11-5-2-10(3-6-11)4-7-13(17)18/h2-7,9,12,20H,8H2,1H3,(H,17,18). The zero-order chi connectivity index (χ0) is 15.1. The summed E-state index contributed by atoms with van der Waals surface area (Å²) < 4.78 is 0. The molecule has 0 aliphatic heterocycles. The highest BCUT2D eigenvalue weighted by molar-refractivity contribution is 7.81. The monoisotopic (exact) mass is 293 g/mol. The fourth-order valence-electron chi connectivity index (χ4n) is 1.52. The first-order chi connectivity index (χ1) is 9.45. The molecule has 1 N–H and O–H groups in total. The van der Waals surface area contributed by atoms with E-state index in [0.717, 1.165) is 6.08 Å². The molecule has 0 saturated heterocycles. The Balaban J connectivity index is 2.79. The number of carboxylic acids is 1. The number of amides is 1. The van der Waals surface area contributed by atoms with Gasteiger partial charge in [-0.15, -0.1) is 0 Å². The molecule has 0 radical (unpaired) electrons. The average Bonchev–Trinajstić information content (AvgIpc) is 2.44. The van der Waals surface area contributed by atoms with Gasteiger partial charge < -0.3 is 14.8 Å². The van der Waals surface area contributed by atoms with Crippen molar-refractivity contribution in [3.63, 3.8) is 0 Å². The first-order valence-corrected chi connectivity index (χ1v) is 6.37. The lowest BCUT2D eigenvalue weighted by molar-refractivity contribution is -0.131. The molecule has 20 heavy (non-hydrogen) atoms. The lowest BCUT2D eigenvalue weighted by Gasteiger charge is -2.20. The summed E-state index contributed by atoms with van der Waals surface area (Å²) in [5, 5.41) is 7.86. The Kier molecular flexibility index (Phi) is 5.99. The molecule has 1 aromatic carbocycles. The molecular formula is C14H15NO4S. The van der Waals surface area contributed by atoms with Crippen LogP contribution in [0.2, 0.25) is 0 Å². The molecule has 1 unspecified atom stereocenters. The van der Waals surface area contributed by atoms with E-state index in [9.17, 15) is 14.4 Å². The van der Waals surface area contributed by atoms with E-state index in [-0.39, 0.29) is 12.3 Å². The maximum Gasteiger partial charge on any atom is 0.328 e. The molecule has 0 spiro atoms. The van der Waals surface area contributed by atoms with Gasteiger partial charge in [-0.2, -0.15) is 12.6 Å². The molecule has 1 atom stereocenters. The topological polar surface area (TPSA) is 74.7 Å². The van der Waals surface area contributed by atoms with Crippen molar-refractivity contribution in [1.29, 1.82) is 0 Å². The summed E-state index contributed by atoms with van der Waals surface area (Å²) in [6.45, 7) is 0. The van der Waals surface area contributed by atoms with Gasteiger partial charge in [0.1, 0.15) is 6.29 Å². The van der Waals surface area contributed by atoms with Crippen molar-refractivity contribution in [1.82, 2.24) is 0 Å². The maximum absolute atomic E-state index is 11.9. The van der Waals surface area contributed by atoms with Crippen LogP contribution >= 0.6 is 12.6 Å². The number of hydrogen-bond acceptors (Lipinski definition) is 4. The Morgan fingerprint density at radius 1 is 1.35 bits per heavy atom. The molecule has 6 heteroatoms. The predicted molar refractivity (Wildman–Crippen MR) is 80.0 cm³/mol. The molecule has 0 aliphatic rings. The van der Waals surface area contributed by atoms with Crippen molar-refractivity contribution in [2.45, 2.75) is 11.7 Å². The number of anilines is 1. The fraction of sp³-hybridized carbons (Fsp3) is 0.214. The van der Waals surface area contributed by atoms with Crippen LogP contribution in [0.3, 0.4) is 0 Å². The van der Waals surface area contributed by atoms with Crippen molar-refractivity contribution in [2.24, 2.45) is 0 Å². The molecule has 0 bridgehead atoms. The molecule has 0 aliphatic carbocycles. The first-order valence-electron chi connectivity index (χ1n) is 5.86. The van der Waals surface area contributed by atoms with E-state index in [1.165, 1.54) is 11.0 Å². The molecule has 106 valence electrons. The van der Waals surface area contributed by atoms with E-state index < -0.39 is 11.2 Å². The zero-order valence-electron chi connectivity index (χ0n) is 10.9. The molecule has 1 rings (SSSR count). The quantitative estimate of drug-likeness (QED) is 0.475. The Bertz CT molecular complexity index is 524.